The highest BCUT2D eigenvalue weighted by atomic mass is 79.9. The molecule has 1 aliphatic heterocycles. The summed E-state index contributed by atoms with van der Waals surface area (Å²) in [7, 11) is -7.17. The molecule has 1 saturated heterocycles. The first kappa shape index (κ1) is 21.1. The van der Waals surface area contributed by atoms with Crippen LogP contribution in [0.3, 0.4) is 0 Å². The van der Waals surface area contributed by atoms with E-state index < -0.39 is 20.0 Å². The summed E-state index contributed by atoms with van der Waals surface area (Å²) in [6.07, 6.45) is 1.45. The molecule has 1 heterocycles. The van der Waals surface area contributed by atoms with E-state index in [1.54, 1.807) is 38.1 Å². The first-order valence-corrected chi connectivity index (χ1v) is 12.8. The molecule has 0 spiro atoms. The van der Waals surface area contributed by atoms with Crippen LogP contribution in [0.25, 0.3) is 0 Å². The van der Waals surface area contributed by atoms with Gasteiger partial charge in [0.25, 0.3) is 10.0 Å². The summed E-state index contributed by atoms with van der Waals surface area (Å²) in [5.74, 6) is 0.121. The number of sulfonamides is 2. The van der Waals surface area contributed by atoms with Crippen LogP contribution in [0.2, 0.25) is 0 Å². The molecule has 1 aliphatic rings. The summed E-state index contributed by atoms with van der Waals surface area (Å²) in [4.78, 5) is 0.144. The average Bonchev–Trinajstić information content (AvgIpc) is 2.59. The van der Waals surface area contributed by atoms with Crippen molar-refractivity contribution in [3.63, 3.8) is 0 Å². The van der Waals surface area contributed by atoms with Crippen molar-refractivity contribution in [2.24, 2.45) is 0 Å². The molecule has 0 aromatic heterocycles. The minimum Gasteiger partial charge on any atom is -0.279 e. The zero-order valence-corrected chi connectivity index (χ0v) is 19.2. The second-order valence-corrected chi connectivity index (χ2v) is 11.6. The maximum Gasteiger partial charge on any atom is 0.262 e. The molecule has 152 valence electrons. The second-order valence-electron chi connectivity index (χ2n) is 7.06. The highest BCUT2D eigenvalue weighted by Crippen LogP contribution is 2.32. The third-order valence-electron chi connectivity index (χ3n) is 4.83. The van der Waals surface area contributed by atoms with Gasteiger partial charge in [0.2, 0.25) is 10.0 Å². The molecule has 6 nitrogen and oxygen atoms in total. The highest BCUT2D eigenvalue weighted by molar-refractivity contribution is 9.10. The van der Waals surface area contributed by atoms with E-state index >= 15 is 0 Å². The van der Waals surface area contributed by atoms with Crippen molar-refractivity contribution >= 4 is 47.4 Å². The van der Waals surface area contributed by atoms with Gasteiger partial charge in [0.15, 0.2) is 0 Å². The monoisotopic (exact) mass is 486 g/mol. The Morgan fingerprint density at radius 1 is 1.00 bits per heavy atom. The lowest BCUT2D eigenvalue weighted by Gasteiger charge is -2.30. The largest absolute Gasteiger partial charge is 0.279 e. The molecule has 2 aromatic carbocycles. The van der Waals surface area contributed by atoms with E-state index in [2.05, 4.69) is 20.7 Å². The summed E-state index contributed by atoms with van der Waals surface area (Å²) in [6.45, 7) is 5.67. The Bertz CT molecular complexity index is 1130. The van der Waals surface area contributed by atoms with Crippen LogP contribution >= 0.6 is 15.9 Å². The van der Waals surface area contributed by atoms with Crippen molar-refractivity contribution in [3.05, 3.63) is 51.5 Å². The second kappa shape index (κ2) is 7.68. The molecule has 0 bridgehead atoms. The number of anilines is 2. The predicted octanol–water partition coefficient (Wildman–Crippen LogP) is 4.11. The van der Waals surface area contributed by atoms with Crippen molar-refractivity contribution in [2.75, 3.05) is 21.3 Å². The lowest BCUT2D eigenvalue weighted by atomic mass is 10.1. The molecule has 28 heavy (non-hydrogen) atoms. The van der Waals surface area contributed by atoms with Crippen molar-refractivity contribution in [2.45, 2.75) is 38.5 Å². The third-order valence-corrected chi connectivity index (χ3v) is 8.69. The zero-order chi connectivity index (χ0) is 20.7. The van der Waals surface area contributed by atoms with E-state index in [9.17, 15) is 16.8 Å². The molecule has 0 saturated carbocycles. The Hall–Kier alpha value is -1.58. The van der Waals surface area contributed by atoms with Gasteiger partial charge in [0.05, 0.1) is 22.0 Å². The van der Waals surface area contributed by atoms with E-state index in [0.717, 1.165) is 16.5 Å². The van der Waals surface area contributed by atoms with Crippen LogP contribution in [0, 0.1) is 20.8 Å². The Morgan fingerprint density at radius 3 is 2.36 bits per heavy atom. The molecule has 1 N–H and O–H groups in total. The Kier molecular flexibility index (Phi) is 5.80. The summed E-state index contributed by atoms with van der Waals surface area (Å²) < 4.78 is 55.7. The molecule has 3 rings (SSSR count). The fourth-order valence-electron chi connectivity index (χ4n) is 3.33. The van der Waals surface area contributed by atoms with Gasteiger partial charge in [-0.05, 0) is 80.6 Å². The number of benzene rings is 2. The third kappa shape index (κ3) is 4.21. The lowest BCUT2D eigenvalue weighted by molar-refractivity contribution is 0.574. The van der Waals surface area contributed by atoms with Crippen molar-refractivity contribution in [3.8, 4) is 0 Å². The van der Waals surface area contributed by atoms with Crippen molar-refractivity contribution < 1.29 is 16.8 Å². The van der Waals surface area contributed by atoms with Gasteiger partial charge in [-0.2, -0.15) is 0 Å². The van der Waals surface area contributed by atoms with Crippen molar-refractivity contribution in [1.29, 1.82) is 0 Å². The minimum atomic E-state index is -3.81. The number of aryl methyl sites for hydroxylation is 3. The van der Waals surface area contributed by atoms with Crippen LogP contribution in [0.4, 0.5) is 11.4 Å². The number of nitrogens with one attached hydrogen (secondary N) is 1. The summed E-state index contributed by atoms with van der Waals surface area (Å²) >= 11 is 3.37. The predicted molar refractivity (Wildman–Crippen MR) is 116 cm³/mol. The SMILES string of the molecule is Cc1cc(Br)ccc1NS(=O)(=O)c1cc(C)c(N2CCCCS2(=O)=O)cc1C. The number of hydrogen-bond acceptors (Lipinski definition) is 4. The van der Waals surface area contributed by atoms with Crippen molar-refractivity contribution in [1.82, 2.24) is 0 Å². The van der Waals surface area contributed by atoms with Crippen LogP contribution in [0.1, 0.15) is 29.5 Å². The molecule has 0 aliphatic carbocycles. The average molecular weight is 487 g/mol. The first-order chi connectivity index (χ1) is 13.0. The fourth-order valence-corrected chi connectivity index (χ4v) is 6.95. The molecular formula is C19H23BrN2O4S2. The van der Waals surface area contributed by atoms with Crippen LogP contribution in [0.15, 0.2) is 39.7 Å². The molecular weight excluding hydrogens is 464 g/mol. The van der Waals surface area contributed by atoms with Gasteiger partial charge >= 0.3 is 0 Å². The van der Waals surface area contributed by atoms with Crippen LogP contribution in [-0.2, 0) is 20.0 Å². The normalized spacial score (nSPS) is 16.8. The lowest BCUT2D eigenvalue weighted by Crippen LogP contribution is -2.38. The van der Waals surface area contributed by atoms with Gasteiger partial charge in [0, 0.05) is 11.0 Å². The molecule has 1 fully saturated rings. The highest BCUT2D eigenvalue weighted by Gasteiger charge is 2.29. The first-order valence-electron chi connectivity index (χ1n) is 8.92. The number of hydrogen-bond donors (Lipinski definition) is 1. The van der Waals surface area contributed by atoms with Gasteiger partial charge in [-0.3, -0.25) is 9.03 Å². The number of halogens is 1. The van der Waals surface area contributed by atoms with Gasteiger partial charge in [-0.15, -0.1) is 0 Å². The number of rotatable bonds is 4. The standard InChI is InChI=1S/C19H23BrN2O4S2/c1-13-10-16(20)6-7-17(13)21-28(25,26)19-12-14(2)18(11-15(19)3)22-8-4-5-9-27(22,23)24/h6-7,10-12,21H,4-5,8-9H2,1-3H3. The molecule has 0 unspecified atom stereocenters. The van der Waals surface area contributed by atoms with E-state index in [-0.39, 0.29) is 10.6 Å². The van der Waals surface area contributed by atoms with Crippen LogP contribution < -0.4 is 9.03 Å². The fraction of sp³-hybridized carbons (Fsp3) is 0.368. The number of nitrogens with zero attached hydrogens (tertiary/aromatic N) is 1. The Morgan fingerprint density at radius 2 is 1.71 bits per heavy atom. The zero-order valence-electron chi connectivity index (χ0n) is 16.0. The molecule has 0 atom stereocenters. The Balaban J connectivity index is 2.00. The van der Waals surface area contributed by atoms with Gasteiger partial charge < -0.3 is 0 Å². The topological polar surface area (TPSA) is 83.6 Å². The minimum absolute atomic E-state index is 0.121. The maximum atomic E-state index is 13.0. The summed E-state index contributed by atoms with van der Waals surface area (Å²) in [6, 6.07) is 8.51. The van der Waals surface area contributed by atoms with E-state index in [1.165, 1.54) is 4.31 Å². The van der Waals surface area contributed by atoms with E-state index in [4.69, 9.17) is 0 Å². The van der Waals surface area contributed by atoms with Crippen LogP contribution in [0.5, 0.6) is 0 Å². The van der Waals surface area contributed by atoms with Gasteiger partial charge in [-0.25, -0.2) is 16.8 Å². The smallest absolute Gasteiger partial charge is 0.262 e. The Labute approximate surface area is 175 Å². The molecule has 2 aromatic rings. The van der Waals surface area contributed by atoms with Gasteiger partial charge in [0.1, 0.15) is 0 Å². The molecule has 0 amide bonds. The maximum absolute atomic E-state index is 13.0. The van der Waals surface area contributed by atoms with E-state index in [0.29, 0.717) is 35.5 Å². The summed E-state index contributed by atoms with van der Waals surface area (Å²) in [5, 5.41) is 0. The van der Waals surface area contributed by atoms with E-state index in [1.807, 2.05) is 13.0 Å². The van der Waals surface area contributed by atoms with Gasteiger partial charge in [-0.1, -0.05) is 15.9 Å². The summed E-state index contributed by atoms with van der Waals surface area (Å²) in [5.41, 5.74) is 2.97. The quantitative estimate of drug-likeness (QED) is 0.704. The van der Waals surface area contributed by atoms with Crippen LogP contribution in [-0.4, -0.2) is 29.1 Å². The molecule has 9 heteroatoms. The molecule has 0 radical (unpaired) electrons.